The van der Waals surface area contributed by atoms with Gasteiger partial charge in [0, 0.05) is 27.3 Å². The van der Waals surface area contributed by atoms with E-state index in [1.807, 2.05) is 24.3 Å². The van der Waals surface area contributed by atoms with Gasteiger partial charge in [-0.1, -0.05) is 152 Å². The normalized spacial score (nSPS) is 11.8. The van der Waals surface area contributed by atoms with E-state index in [9.17, 15) is 0 Å². The Morgan fingerprint density at radius 3 is 1.25 bits per heavy atom. The molecule has 0 saturated carbocycles. The van der Waals surface area contributed by atoms with E-state index in [4.69, 9.17) is 8.83 Å². The first-order chi connectivity index (χ1) is 23.8. The number of hydrogen-bond donors (Lipinski definition) is 0. The minimum Gasteiger partial charge on any atom is -0.452 e. The molecule has 0 aliphatic heterocycles. The maximum atomic E-state index is 6.77. The average molecular weight is 613 g/mol. The zero-order chi connectivity index (χ0) is 31.6. The van der Waals surface area contributed by atoms with Gasteiger partial charge in [-0.3, -0.25) is 0 Å². The second kappa shape index (κ2) is 10.6. The van der Waals surface area contributed by atoms with Crippen LogP contribution in [0.15, 0.2) is 179 Å². The number of fused-ring (bicyclic) bond motifs is 7. The van der Waals surface area contributed by atoms with Crippen molar-refractivity contribution in [3.63, 3.8) is 0 Å². The van der Waals surface area contributed by atoms with Gasteiger partial charge in [-0.2, -0.15) is 0 Å². The molecule has 0 fully saturated rings. The van der Waals surface area contributed by atoms with Crippen molar-refractivity contribution in [3.8, 4) is 44.7 Å². The van der Waals surface area contributed by atoms with Crippen LogP contribution in [0, 0.1) is 0 Å². The molecule has 0 amide bonds. The molecule has 0 aliphatic carbocycles. The summed E-state index contributed by atoms with van der Waals surface area (Å²) >= 11 is 0. The quantitative estimate of drug-likeness (QED) is 0.185. The molecule has 0 N–H and O–H groups in total. The molecule has 2 nitrogen and oxygen atoms in total. The van der Waals surface area contributed by atoms with Crippen molar-refractivity contribution in [2.75, 3.05) is 0 Å². The summed E-state index contributed by atoms with van der Waals surface area (Å²) in [5.41, 5.74) is 10.5. The minimum atomic E-state index is 0.773. The van der Waals surface area contributed by atoms with Gasteiger partial charge in [-0.25, -0.2) is 0 Å². The number of benzene rings is 8. The lowest BCUT2D eigenvalue weighted by molar-refractivity contribution is 0.612. The Kier molecular flexibility index (Phi) is 5.91. The van der Waals surface area contributed by atoms with E-state index >= 15 is 0 Å². The first-order valence-electron chi connectivity index (χ1n) is 16.4. The van der Waals surface area contributed by atoms with Gasteiger partial charge in [-0.05, 0) is 67.6 Å². The fourth-order valence-corrected chi connectivity index (χ4v) is 7.58. The van der Waals surface area contributed by atoms with E-state index in [1.165, 1.54) is 43.8 Å². The van der Waals surface area contributed by atoms with E-state index in [1.54, 1.807) is 0 Å². The molecule has 2 aromatic heterocycles. The van der Waals surface area contributed by atoms with E-state index in [0.29, 0.717) is 0 Å². The highest BCUT2D eigenvalue weighted by atomic mass is 16.4. The summed E-state index contributed by atoms with van der Waals surface area (Å²) < 4.78 is 13.2. The van der Waals surface area contributed by atoms with Gasteiger partial charge < -0.3 is 8.83 Å². The van der Waals surface area contributed by atoms with Gasteiger partial charge in [0.2, 0.25) is 0 Å². The summed E-state index contributed by atoms with van der Waals surface area (Å²) in [7, 11) is 0. The molecule has 224 valence electrons. The fraction of sp³-hybridized carbons (Fsp3) is 0. The van der Waals surface area contributed by atoms with Gasteiger partial charge in [0.1, 0.15) is 11.3 Å². The third-order valence-electron chi connectivity index (χ3n) is 9.69. The molecule has 0 radical (unpaired) electrons. The second-order valence-corrected chi connectivity index (χ2v) is 12.4. The molecule has 0 unspecified atom stereocenters. The molecule has 10 rings (SSSR count). The maximum Gasteiger partial charge on any atom is 0.178 e. The maximum absolute atomic E-state index is 6.77. The van der Waals surface area contributed by atoms with Gasteiger partial charge in [0.05, 0.1) is 0 Å². The third kappa shape index (κ3) is 4.00. The smallest absolute Gasteiger partial charge is 0.178 e. The predicted octanol–water partition coefficient (Wildman–Crippen LogP) is 13.3. The highest BCUT2D eigenvalue weighted by Crippen LogP contribution is 2.47. The van der Waals surface area contributed by atoms with Crippen molar-refractivity contribution >= 4 is 54.5 Å². The Labute approximate surface area is 277 Å². The van der Waals surface area contributed by atoms with Crippen LogP contribution < -0.4 is 0 Å². The van der Waals surface area contributed by atoms with Gasteiger partial charge >= 0.3 is 0 Å². The zero-order valence-electron chi connectivity index (χ0n) is 26.0. The lowest BCUT2D eigenvalue weighted by Gasteiger charge is -2.18. The largest absolute Gasteiger partial charge is 0.452 e. The molecule has 0 spiro atoms. The molecule has 0 saturated heterocycles. The molecule has 0 bridgehead atoms. The zero-order valence-corrected chi connectivity index (χ0v) is 26.0. The van der Waals surface area contributed by atoms with Crippen molar-refractivity contribution < 1.29 is 8.83 Å². The van der Waals surface area contributed by atoms with Crippen LogP contribution in [0.5, 0.6) is 0 Å². The number of rotatable bonds is 4. The summed E-state index contributed by atoms with van der Waals surface area (Å²) in [5.74, 6) is 0.842. The van der Waals surface area contributed by atoms with Crippen molar-refractivity contribution in [1.82, 2.24) is 0 Å². The standard InChI is InChI=1S/C46H28O2/c1-3-13-29(14-4-1)41-34-18-7-9-20-36(34)42(37-21-10-8-19-35(37)41)30-23-25-31(26-24-30)43-39-28-27-38-33-17-11-12-22-40(33)47-45(38)46(39)48-44(43)32-15-5-2-6-16-32/h1-28H. The highest BCUT2D eigenvalue weighted by molar-refractivity contribution is 6.22. The van der Waals surface area contributed by atoms with Crippen LogP contribution in [0.3, 0.4) is 0 Å². The Morgan fingerprint density at radius 2 is 0.667 bits per heavy atom. The van der Waals surface area contributed by atoms with E-state index in [0.717, 1.165) is 55.4 Å². The van der Waals surface area contributed by atoms with Crippen LogP contribution in [0.2, 0.25) is 0 Å². The van der Waals surface area contributed by atoms with Gasteiger partial charge in [0.15, 0.2) is 11.2 Å². The summed E-state index contributed by atoms with van der Waals surface area (Å²) in [6.07, 6.45) is 0. The molecule has 48 heavy (non-hydrogen) atoms. The molecular formula is C46H28O2. The third-order valence-corrected chi connectivity index (χ3v) is 9.69. The molecule has 0 atom stereocenters. The SMILES string of the molecule is c1ccc(-c2oc3c(ccc4c5ccccc5oc43)c2-c2ccc(-c3c4ccccc4c(-c4ccccc4)c4ccccc34)cc2)cc1. The van der Waals surface area contributed by atoms with Crippen LogP contribution in [0.1, 0.15) is 0 Å². The van der Waals surface area contributed by atoms with Gasteiger partial charge in [-0.15, -0.1) is 0 Å². The molecular weight excluding hydrogens is 585 g/mol. The minimum absolute atomic E-state index is 0.773. The fourth-order valence-electron chi connectivity index (χ4n) is 7.58. The Hall–Kier alpha value is -6.38. The van der Waals surface area contributed by atoms with Crippen LogP contribution in [0.25, 0.3) is 99.2 Å². The molecule has 8 aromatic carbocycles. The van der Waals surface area contributed by atoms with Crippen LogP contribution in [-0.4, -0.2) is 0 Å². The summed E-state index contributed by atoms with van der Waals surface area (Å²) in [6, 6.07) is 60.2. The van der Waals surface area contributed by atoms with Crippen molar-refractivity contribution in [2.24, 2.45) is 0 Å². The first-order valence-corrected chi connectivity index (χ1v) is 16.4. The van der Waals surface area contributed by atoms with Gasteiger partial charge in [0.25, 0.3) is 0 Å². The Bertz CT molecular complexity index is 2750. The van der Waals surface area contributed by atoms with E-state index in [2.05, 4.69) is 146 Å². The number of para-hydroxylation sites is 1. The van der Waals surface area contributed by atoms with Crippen molar-refractivity contribution in [1.29, 1.82) is 0 Å². The number of hydrogen-bond acceptors (Lipinski definition) is 2. The van der Waals surface area contributed by atoms with Crippen molar-refractivity contribution in [3.05, 3.63) is 170 Å². The molecule has 0 aliphatic rings. The Morgan fingerprint density at radius 1 is 0.250 bits per heavy atom. The van der Waals surface area contributed by atoms with Crippen LogP contribution >= 0.6 is 0 Å². The first kappa shape index (κ1) is 26.8. The summed E-state index contributed by atoms with van der Waals surface area (Å²) in [6.45, 7) is 0. The number of furan rings is 2. The summed E-state index contributed by atoms with van der Waals surface area (Å²) in [5, 5.41) is 8.19. The lowest BCUT2D eigenvalue weighted by atomic mass is 9.85. The highest BCUT2D eigenvalue weighted by Gasteiger charge is 2.23. The van der Waals surface area contributed by atoms with E-state index < -0.39 is 0 Å². The lowest BCUT2D eigenvalue weighted by Crippen LogP contribution is -1.90. The van der Waals surface area contributed by atoms with Crippen LogP contribution in [-0.2, 0) is 0 Å². The molecule has 2 heterocycles. The van der Waals surface area contributed by atoms with Crippen LogP contribution in [0.4, 0.5) is 0 Å². The Balaban J connectivity index is 1.20. The topological polar surface area (TPSA) is 26.3 Å². The molecule has 10 aromatic rings. The average Bonchev–Trinajstić information content (AvgIpc) is 3.74. The second-order valence-electron chi connectivity index (χ2n) is 12.4. The monoisotopic (exact) mass is 612 g/mol. The van der Waals surface area contributed by atoms with E-state index in [-0.39, 0.29) is 0 Å². The predicted molar refractivity (Wildman–Crippen MR) is 200 cm³/mol. The molecule has 2 heteroatoms. The summed E-state index contributed by atoms with van der Waals surface area (Å²) in [4.78, 5) is 0. The van der Waals surface area contributed by atoms with Crippen molar-refractivity contribution in [2.45, 2.75) is 0 Å².